The van der Waals surface area contributed by atoms with Crippen molar-refractivity contribution in [1.82, 2.24) is 24.6 Å². The first-order valence-corrected chi connectivity index (χ1v) is 14.1. The Balaban J connectivity index is 1.31. The van der Waals surface area contributed by atoms with E-state index in [1.54, 1.807) is 12.1 Å². The Morgan fingerprint density at radius 3 is 2.62 bits per heavy atom. The second-order valence-corrected chi connectivity index (χ2v) is 11.9. The third-order valence-corrected chi connectivity index (χ3v) is 8.84. The van der Waals surface area contributed by atoms with Crippen molar-refractivity contribution in [2.24, 2.45) is 0 Å². The van der Waals surface area contributed by atoms with Gasteiger partial charge in [-0.1, -0.05) is 24.3 Å². The van der Waals surface area contributed by atoms with Gasteiger partial charge in [-0.25, -0.2) is 9.67 Å². The van der Waals surface area contributed by atoms with E-state index in [1.807, 2.05) is 43.8 Å². The molecule has 3 aliphatic heterocycles. The number of anilines is 1. The molecule has 222 valence electrons. The third-order valence-electron chi connectivity index (χ3n) is 8.84. The van der Waals surface area contributed by atoms with E-state index in [1.165, 1.54) is 17.3 Å². The number of amides is 1. The van der Waals surface area contributed by atoms with Crippen molar-refractivity contribution in [1.29, 1.82) is 0 Å². The van der Waals surface area contributed by atoms with Crippen LogP contribution in [0.1, 0.15) is 45.4 Å². The van der Waals surface area contributed by atoms with Crippen LogP contribution in [0, 0.1) is 6.92 Å². The van der Waals surface area contributed by atoms with E-state index in [4.69, 9.17) is 4.74 Å². The Morgan fingerprint density at radius 2 is 1.98 bits per heavy atom. The summed E-state index contributed by atoms with van der Waals surface area (Å²) in [6.07, 6.45) is -3.08. The van der Waals surface area contributed by atoms with Gasteiger partial charge in [-0.3, -0.25) is 9.69 Å². The molecule has 0 spiro atoms. The third kappa shape index (κ3) is 5.14. The van der Waals surface area contributed by atoms with Crippen LogP contribution in [0.5, 0.6) is 0 Å². The number of fused-ring (bicyclic) bond motifs is 1. The van der Waals surface area contributed by atoms with Crippen LogP contribution in [-0.2, 0) is 36.0 Å². The minimum absolute atomic E-state index is 0.0245. The molecule has 2 saturated heterocycles. The summed E-state index contributed by atoms with van der Waals surface area (Å²) in [5.74, 6) is 0.361. The van der Waals surface area contributed by atoms with Crippen molar-refractivity contribution in [3.8, 4) is 0 Å². The lowest BCUT2D eigenvalue weighted by molar-refractivity contribution is -0.138. The number of benzene rings is 2. The maximum absolute atomic E-state index is 14.4. The number of piperazine rings is 1. The Labute approximate surface area is 243 Å². The smallest absolute Gasteiger partial charge is 0.379 e. The molecule has 6 rings (SSSR count). The summed E-state index contributed by atoms with van der Waals surface area (Å²) in [7, 11) is 2.03. The summed E-state index contributed by atoms with van der Waals surface area (Å²) >= 11 is 0. The van der Waals surface area contributed by atoms with Crippen LogP contribution in [0.3, 0.4) is 0 Å². The molecule has 8 nitrogen and oxygen atoms in total. The first-order valence-electron chi connectivity index (χ1n) is 14.1. The van der Waals surface area contributed by atoms with Crippen LogP contribution >= 0.6 is 0 Å². The first-order chi connectivity index (χ1) is 19.9. The van der Waals surface area contributed by atoms with E-state index in [2.05, 4.69) is 26.5 Å². The van der Waals surface area contributed by atoms with Gasteiger partial charge >= 0.3 is 6.18 Å². The van der Waals surface area contributed by atoms with Crippen LogP contribution in [0.2, 0.25) is 0 Å². The second-order valence-electron chi connectivity index (χ2n) is 11.9. The second kappa shape index (κ2) is 10.6. The van der Waals surface area contributed by atoms with E-state index in [-0.39, 0.29) is 29.1 Å². The zero-order chi connectivity index (χ0) is 29.8. The van der Waals surface area contributed by atoms with Gasteiger partial charge in [0.1, 0.15) is 12.2 Å². The van der Waals surface area contributed by atoms with Crippen LogP contribution in [0.25, 0.3) is 0 Å². The first kappa shape index (κ1) is 28.6. The molecule has 4 heterocycles. The Bertz CT molecular complexity index is 1530. The fourth-order valence-electron chi connectivity index (χ4n) is 6.33. The molecule has 1 atom stereocenters. The van der Waals surface area contributed by atoms with Gasteiger partial charge in [-0.05, 0) is 61.9 Å². The minimum atomic E-state index is -4.59. The Morgan fingerprint density at radius 1 is 1.19 bits per heavy atom. The number of hydrogen-bond acceptors (Lipinski definition) is 6. The number of nitrogens with zero attached hydrogens (tertiary/aromatic N) is 6. The number of aromatic nitrogens is 3. The summed E-state index contributed by atoms with van der Waals surface area (Å²) in [5.41, 5.74) is 1.99. The predicted octanol–water partition coefficient (Wildman–Crippen LogP) is 4.43. The molecular formula is C31H35F3N6O2. The van der Waals surface area contributed by atoms with Crippen molar-refractivity contribution >= 4 is 11.6 Å². The highest BCUT2D eigenvalue weighted by atomic mass is 19.4. The number of carbonyl (C=O) groups excluding carboxylic acids is 1. The van der Waals surface area contributed by atoms with E-state index in [9.17, 15) is 18.0 Å². The van der Waals surface area contributed by atoms with Crippen LogP contribution in [0.4, 0.5) is 18.9 Å². The standard InChI is InChI=1S/C31H35F3N6O2/c1-20(2)28-15-37(4)8-9-38(28)13-22-10-25-26(27(11-22)31(32,33)34)14-39(29(25)41)24-7-5-6-23(12-24)30(17-42-18-30)16-40-21(3)35-19-36-40/h5-7,10-12,19,28H,1,8-9,13-18H2,2-4H3/t28-/m1/s1. The number of aryl methyl sites for hydroxylation is 1. The molecule has 0 N–H and O–H groups in total. The molecule has 2 fully saturated rings. The predicted molar refractivity (Wildman–Crippen MR) is 152 cm³/mol. The lowest BCUT2D eigenvalue weighted by Gasteiger charge is -2.42. The highest BCUT2D eigenvalue weighted by molar-refractivity contribution is 6.10. The lowest BCUT2D eigenvalue weighted by Crippen LogP contribution is -2.51. The van der Waals surface area contributed by atoms with Gasteiger partial charge in [0.15, 0.2) is 0 Å². The number of hydrogen-bond donors (Lipinski definition) is 0. The fourth-order valence-corrected chi connectivity index (χ4v) is 6.33. The zero-order valence-corrected chi connectivity index (χ0v) is 24.1. The Hall–Kier alpha value is -3.54. The van der Waals surface area contributed by atoms with Crippen molar-refractivity contribution in [2.75, 3.05) is 44.8 Å². The number of carbonyl (C=O) groups is 1. The topological polar surface area (TPSA) is 66.7 Å². The minimum Gasteiger partial charge on any atom is -0.379 e. The molecule has 0 unspecified atom stereocenters. The van der Waals surface area contributed by atoms with Gasteiger partial charge in [0.2, 0.25) is 0 Å². The van der Waals surface area contributed by atoms with E-state index >= 15 is 0 Å². The van der Waals surface area contributed by atoms with Gasteiger partial charge in [0, 0.05) is 43.5 Å². The lowest BCUT2D eigenvalue weighted by atomic mass is 9.78. The van der Waals surface area contributed by atoms with Gasteiger partial charge in [0.25, 0.3) is 5.91 Å². The maximum atomic E-state index is 14.4. The number of rotatable bonds is 7. The van der Waals surface area contributed by atoms with Gasteiger partial charge < -0.3 is 14.5 Å². The SMILES string of the molecule is C=C(C)[C@H]1CN(C)CCN1Cc1cc2c(c(C(F)(F)F)c1)CN(c1cccc(C3(Cn4ncnc4C)COC3)c1)C2=O. The molecule has 1 amide bonds. The van der Waals surface area contributed by atoms with Crippen molar-refractivity contribution in [2.45, 2.75) is 51.1 Å². The molecule has 1 aromatic heterocycles. The van der Waals surface area contributed by atoms with Crippen molar-refractivity contribution in [3.05, 3.63) is 88.5 Å². The van der Waals surface area contributed by atoms with E-state index in [0.29, 0.717) is 44.1 Å². The number of alkyl halides is 3. The van der Waals surface area contributed by atoms with Crippen molar-refractivity contribution < 1.29 is 22.7 Å². The number of likely N-dealkylation sites (N-methyl/N-ethyl adjacent to an activating group) is 1. The molecule has 3 aliphatic rings. The molecule has 0 bridgehead atoms. The quantitative estimate of drug-likeness (QED) is 0.386. The average molecular weight is 581 g/mol. The largest absolute Gasteiger partial charge is 0.416 e. The molecule has 42 heavy (non-hydrogen) atoms. The molecule has 11 heteroatoms. The van der Waals surface area contributed by atoms with Crippen LogP contribution in [-0.4, -0.2) is 76.4 Å². The molecule has 0 radical (unpaired) electrons. The molecule has 0 aliphatic carbocycles. The van der Waals surface area contributed by atoms with Gasteiger partial charge in [-0.2, -0.15) is 18.3 Å². The summed E-state index contributed by atoms with van der Waals surface area (Å²) in [4.78, 5) is 23.8. The van der Waals surface area contributed by atoms with Crippen LogP contribution < -0.4 is 4.90 Å². The van der Waals surface area contributed by atoms with Gasteiger partial charge in [-0.15, -0.1) is 0 Å². The maximum Gasteiger partial charge on any atom is 0.416 e. The summed E-state index contributed by atoms with van der Waals surface area (Å²) in [5, 5.41) is 4.32. The van der Waals surface area contributed by atoms with E-state index in [0.717, 1.165) is 30.1 Å². The summed E-state index contributed by atoms with van der Waals surface area (Å²) < 4.78 is 50.6. The number of halogens is 3. The van der Waals surface area contributed by atoms with Crippen LogP contribution in [0.15, 0.2) is 54.9 Å². The molecular weight excluding hydrogens is 545 g/mol. The Kier molecular flexibility index (Phi) is 7.23. The van der Waals surface area contributed by atoms with Crippen molar-refractivity contribution in [3.63, 3.8) is 0 Å². The average Bonchev–Trinajstić information content (AvgIpc) is 3.48. The highest BCUT2D eigenvalue weighted by Crippen LogP contribution is 2.41. The summed E-state index contributed by atoms with van der Waals surface area (Å²) in [6.45, 7) is 11.9. The normalized spacial score (nSPS) is 21.0. The molecule has 0 saturated carbocycles. The molecule has 2 aromatic carbocycles. The fraction of sp³-hybridized carbons (Fsp3) is 0.452. The number of ether oxygens (including phenoxy) is 1. The zero-order valence-electron chi connectivity index (χ0n) is 24.1. The van der Waals surface area contributed by atoms with E-state index < -0.39 is 17.6 Å². The highest BCUT2D eigenvalue weighted by Gasteiger charge is 2.43. The monoisotopic (exact) mass is 580 g/mol. The van der Waals surface area contributed by atoms with Gasteiger partial charge in [0.05, 0.1) is 37.3 Å². The molecule has 3 aromatic rings. The summed E-state index contributed by atoms with van der Waals surface area (Å²) in [6, 6.07) is 10.4.